The van der Waals surface area contributed by atoms with Crippen molar-refractivity contribution in [3.05, 3.63) is 18.2 Å². The third kappa shape index (κ3) is 2.81. The van der Waals surface area contributed by atoms with E-state index in [9.17, 15) is 4.79 Å². The van der Waals surface area contributed by atoms with Gasteiger partial charge in [0.25, 0.3) is 0 Å². The van der Waals surface area contributed by atoms with Crippen LogP contribution in [0.1, 0.15) is 27.2 Å². The summed E-state index contributed by atoms with van der Waals surface area (Å²) in [5, 5.41) is 7.39. The van der Waals surface area contributed by atoms with E-state index in [0.29, 0.717) is 23.2 Å². The Bertz CT molecular complexity index is 540. The third-order valence-electron chi connectivity index (χ3n) is 2.15. The average molecular weight is 234 g/mol. The summed E-state index contributed by atoms with van der Waals surface area (Å²) >= 11 is 0. The largest absolute Gasteiger partial charge is 0.424 e. The van der Waals surface area contributed by atoms with E-state index < -0.39 is 0 Å². The van der Waals surface area contributed by atoms with Crippen LogP contribution in [0.3, 0.4) is 0 Å². The number of esters is 1. The molecule has 1 heterocycles. The molecular formula is C12H14N2O3. The predicted octanol–water partition coefficient (Wildman–Crippen LogP) is 2.56. The molecule has 17 heavy (non-hydrogen) atoms. The van der Waals surface area contributed by atoms with Crippen LogP contribution in [0.25, 0.3) is 11.0 Å². The van der Waals surface area contributed by atoms with Crippen LogP contribution in [0.4, 0.5) is 0 Å². The Morgan fingerprint density at radius 2 is 2.12 bits per heavy atom. The molecule has 0 fully saturated rings. The summed E-state index contributed by atoms with van der Waals surface area (Å²) in [5.41, 5.74) is 0.938. The maximum atomic E-state index is 11.7. The average Bonchev–Trinajstić information content (AvgIpc) is 2.63. The number of hydrogen-bond acceptors (Lipinski definition) is 5. The number of ether oxygens (including phenoxy) is 1. The Labute approximate surface area is 98.7 Å². The summed E-state index contributed by atoms with van der Waals surface area (Å²) in [6.45, 7) is 5.94. The topological polar surface area (TPSA) is 65.2 Å². The summed E-state index contributed by atoms with van der Waals surface area (Å²) < 4.78 is 9.86. The van der Waals surface area contributed by atoms with E-state index in [1.807, 2.05) is 20.8 Å². The standard InChI is InChI=1S/C12H14N2O3/c1-12(2,3)7-10(15)16-9-6-4-5-8-11(9)14-17-13-8/h4-6H,7H2,1-3H3. The van der Waals surface area contributed by atoms with Gasteiger partial charge in [-0.15, -0.1) is 0 Å². The van der Waals surface area contributed by atoms with E-state index in [0.717, 1.165) is 0 Å². The lowest BCUT2D eigenvalue weighted by Crippen LogP contribution is -2.17. The number of aromatic nitrogens is 2. The molecule has 0 amide bonds. The van der Waals surface area contributed by atoms with Gasteiger partial charge in [0, 0.05) is 0 Å². The zero-order chi connectivity index (χ0) is 12.5. The molecule has 0 saturated heterocycles. The van der Waals surface area contributed by atoms with Crippen molar-refractivity contribution in [3.8, 4) is 5.75 Å². The van der Waals surface area contributed by atoms with E-state index in [4.69, 9.17) is 4.74 Å². The predicted molar refractivity (Wildman–Crippen MR) is 61.5 cm³/mol. The maximum Gasteiger partial charge on any atom is 0.311 e. The molecule has 0 unspecified atom stereocenters. The molecule has 0 aliphatic rings. The molecule has 2 aromatic rings. The van der Waals surface area contributed by atoms with E-state index in [1.54, 1.807) is 18.2 Å². The second-order valence-electron chi connectivity index (χ2n) is 5.10. The number of nitrogens with zero attached hydrogens (tertiary/aromatic N) is 2. The smallest absolute Gasteiger partial charge is 0.311 e. The van der Waals surface area contributed by atoms with Gasteiger partial charge in [-0.25, -0.2) is 4.63 Å². The monoisotopic (exact) mass is 234 g/mol. The molecule has 1 aromatic heterocycles. The van der Waals surface area contributed by atoms with Gasteiger partial charge in [-0.2, -0.15) is 0 Å². The zero-order valence-electron chi connectivity index (χ0n) is 10.1. The Hall–Kier alpha value is -1.91. The molecular weight excluding hydrogens is 220 g/mol. The van der Waals surface area contributed by atoms with Gasteiger partial charge in [-0.1, -0.05) is 26.8 Å². The van der Waals surface area contributed by atoms with E-state index in [-0.39, 0.29) is 11.4 Å². The lowest BCUT2D eigenvalue weighted by molar-refractivity contribution is -0.136. The SMILES string of the molecule is CC(C)(C)CC(=O)Oc1cccc2nonc12. The van der Waals surface area contributed by atoms with Crippen molar-refractivity contribution in [1.82, 2.24) is 10.3 Å². The number of carbonyl (C=O) groups is 1. The summed E-state index contributed by atoms with van der Waals surface area (Å²) in [6.07, 6.45) is 0.342. The van der Waals surface area contributed by atoms with E-state index in [2.05, 4.69) is 14.9 Å². The van der Waals surface area contributed by atoms with Crippen molar-refractivity contribution < 1.29 is 14.2 Å². The first kappa shape index (κ1) is 11.6. The van der Waals surface area contributed by atoms with Gasteiger partial charge in [0.2, 0.25) is 0 Å². The van der Waals surface area contributed by atoms with Gasteiger partial charge in [0.15, 0.2) is 11.3 Å². The molecule has 5 heteroatoms. The second kappa shape index (κ2) is 4.16. The zero-order valence-corrected chi connectivity index (χ0v) is 10.1. The van der Waals surface area contributed by atoms with Gasteiger partial charge >= 0.3 is 5.97 Å². The molecule has 0 N–H and O–H groups in total. The summed E-state index contributed by atoms with van der Waals surface area (Å²) in [4.78, 5) is 11.7. The van der Waals surface area contributed by atoms with Gasteiger partial charge in [0.05, 0.1) is 6.42 Å². The van der Waals surface area contributed by atoms with Crippen LogP contribution in [0.2, 0.25) is 0 Å². The van der Waals surface area contributed by atoms with Crippen LogP contribution in [0.15, 0.2) is 22.8 Å². The Morgan fingerprint density at radius 3 is 2.82 bits per heavy atom. The van der Waals surface area contributed by atoms with Gasteiger partial charge in [0.1, 0.15) is 5.52 Å². The lowest BCUT2D eigenvalue weighted by Gasteiger charge is -2.16. The summed E-state index contributed by atoms with van der Waals surface area (Å²) in [6, 6.07) is 5.16. The van der Waals surface area contributed by atoms with Crippen molar-refractivity contribution in [2.24, 2.45) is 5.41 Å². The molecule has 5 nitrogen and oxygen atoms in total. The van der Waals surface area contributed by atoms with Crippen molar-refractivity contribution in [2.45, 2.75) is 27.2 Å². The Balaban J connectivity index is 2.18. The van der Waals surface area contributed by atoms with Crippen LogP contribution >= 0.6 is 0 Å². The van der Waals surface area contributed by atoms with Crippen LogP contribution in [0.5, 0.6) is 5.75 Å². The number of rotatable bonds is 2. The number of hydrogen-bond donors (Lipinski definition) is 0. The second-order valence-corrected chi connectivity index (χ2v) is 5.10. The first-order chi connectivity index (χ1) is 7.96. The Kier molecular flexibility index (Phi) is 2.83. The molecule has 0 saturated carbocycles. The van der Waals surface area contributed by atoms with Crippen molar-refractivity contribution >= 4 is 17.0 Å². The van der Waals surface area contributed by atoms with Crippen LogP contribution in [0, 0.1) is 5.41 Å². The highest BCUT2D eigenvalue weighted by Crippen LogP contribution is 2.25. The molecule has 90 valence electrons. The maximum absolute atomic E-state index is 11.7. The highest BCUT2D eigenvalue weighted by Gasteiger charge is 2.19. The molecule has 0 radical (unpaired) electrons. The fourth-order valence-corrected chi connectivity index (χ4v) is 1.46. The van der Waals surface area contributed by atoms with Crippen LogP contribution < -0.4 is 4.74 Å². The van der Waals surface area contributed by atoms with Crippen LogP contribution in [-0.2, 0) is 4.79 Å². The summed E-state index contributed by atoms with van der Waals surface area (Å²) in [7, 11) is 0. The molecule has 2 rings (SSSR count). The lowest BCUT2D eigenvalue weighted by atomic mass is 9.92. The van der Waals surface area contributed by atoms with Crippen molar-refractivity contribution in [3.63, 3.8) is 0 Å². The molecule has 0 aliphatic carbocycles. The number of fused-ring (bicyclic) bond motifs is 1. The number of carbonyl (C=O) groups excluding carboxylic acids is 1. The first-order valence-corrected chi connectivity index (χ1v) is 5.38. The summed E-state index contributed by atoms with van der Waals surface area (Å²) in [5.74, 6) is 0.103. The first-order valence-electron chi connectivity index (χ1n) is 5.38. The fraction of sp³-hybridized carbons (Fsp3) is 0.417. The molecule has 1 aromatic carbocycles. The third-order valence-corrected chi connectivity index (χ3v) is 2.15. The van der Waals surface area contributed by atoms with Crippen molar-refractivity contribution in [2.75, 3.05) is 0 Å². The highest BCUT2D eigenvalue weighted by atomic mass is 16.6. The van der Waals surface area contributed by atoms with Gasteiger partial charge in [-0.3, -0.25) is 4.79 Å². The Morgan fingerprint density at radius 1 is 1.35 bits per heavy atom. The molecule has 0 aliphatic heterocycles. The molecule has 0 bridgehead atoms. The van der Waals surface area contributed by atoms with Crippen LogP contribution in [-0.4, -0.2) is 16.3 Å². The molecule has 0 atom stereocenters. The number of benzene rings is 1. The minimum absolute atomic E-state index is 0.104. The minimum atomic E-state index is -0.284. The van der Waals surface area contributed by atoms with Gasteiger partial charge < -0.3 is 4.74 Å². The van der Waals surface area contributed by atoms with Gasteiger partial charge in [-0.05, 0) is 27.9 Å². The highest BCUT2D eigenvalue weighted by molar-refractivity contribution is 5.84. The van der Waals surface area contributed by atoms with E-state index in [1.165, 1.54) is 0 Å². The van der Waals surface area contributed by atoms with E-state index >= 15 is 0 Å². The fourth-order valence-electron chi connectivity index (χ4n) is 1.46. The normalized spacial score (nSPS) is 11.7. The van der Waals surface area contributed by atoms with Crippen molar-refractivity contribution in [1.29, 1.82) is 0 Å². The minimum Gasteiger partial charge on any atom is -0.424 e. The quantitative estimate of drug-likeness (QED) is 0.590. The molecule has 0 spiro atoms.